The zero-order valence-corrected chi connectivity index (χ0v) is 9.95. The summed E-state index contributed by atoms with van der Waals surface area (Å²) in [6, 6.07) is 2.09. The van der Waals surface area contributed by atoms with Crippen LogP contribution in [0.1, 0.15) is 38.3 Å². The maximum atomic E-state index is 5.75. The van der Waals surface area contributed by atoms with E-state index in [9.17, 15) is 0 Å². The molecule has 4 heteroatoms. The molecule has 0 atom stereocenters. The van der Waals surface area contributed by atoms with Crippen LogP contribution in [0.3, 0.4) is 0 Å². The third kappa shape index (κ3) is 2.62. The summed E-state index contributed by atoms with van der Waals surface area (Å²) in [6.07, 6.45) is 5.92. The Labute approximate surface area is 96.9 Å². The molecule has 2 heterocycles. The van der Waals surface area contributed by atoms with Crippen molar-refractivity contribution in [3.63, 3.8) is 0 Å². The molecule has 2 rings (SSSR count). The smallest absolute Gasteiger partial charge is 0.222 e. The van der Waals surface area contributed by atoms with E-state index < -0.39 is 0 Å². The van der Waals surface area contributed by atoms with E-state index in [1.165, 1.54) is 19.3 Å². The van der Waals surface area contributed by atoms with Crippen molar-refractivity contribution < 1.29 is 0 Å². The van der Waals surface area contributed by atoms with Gasteiger partial charge in [0.05, 0.1) is 0 Å². The largest absolute Gasteiger partial charge is 0.368 e. The molecular formula is C12H20N4. The molecule has 1 aliphatic rings. The SMILES string of the molecule is CCCc1cc(N2CCCCC2)nc(N)n1. The molecule has 0 unspecified atom stereocenters. The Hall–Kier alpha value is -1.32. The van der Waals surface area contributed by atoms with Crippen molar-refractivity contribution >= 4 is 11.8 Å². The van der Waals surface area contributed by atoms with Gasteiger partial charge >= 0.3 is 0 Å². The van der Waals surface area contributed by atoms with E-state index in [1.54, 1.807) is 0 Å². The Morgan fingerprint density at radius 2 is 2.00 bits per heavy atom. The lowest BCUT2D eigenvalue weighted by atomic mass is 10.1. The molecule has 0 amide bonds. The molecule has 4 nitrogen and oxygen atoms in total. The van der Waals surface area contributed by atoms with Crippen LogP contribution in [0.25, 0.3) is 0 Å². The van der Waals surface area contributed by atoms with Crippen molar-refractivity contribution in [1.82, 2.24) is 9.97 Å². The van der Waals surface area contributed by atoms with Crippen LogP contribution in [-0.2, 0) is 6.42 Å². The standard InChI is InChI=1S/C12H20N4/c1-2-6-10-9-11(15-12(13)14-10)16-7-4-3-5-8-16/h9H,2-8H2,1H3,(H2,13,14,15). The maximum absolute atomic E-state index is 5.75. The van der Waals surface area contributed by atoms with Gasteiger partial charge < -0.3 is 10.6 Å². The zero-order chi connectivity index (χ0) is 11.4. The predicted octanol–water partition coefficient (Wildman–Crippen LogP) is 2.00. The number of nitrogen functional groups attached to an aromatic ring is 1. The second-order valence-corrected chi connectivity index (χ2v) is 4.37. The quantitative estimate of drug-likeness (QED) is 0.846. The summed E-state index contributed by atoms with van der Waals surface area (Å²) in [5, 5.41) is 0. The van der Waals surface area contributed by atoms with Crippen LogP contribution in [0.5, 0.6) is 0 Å². The third-order valence-electron chi connectivity index (χ3n) is 2.97. The molecule has 1 aliphatic heterocycles. The summed E-state index contributed by atoms with van der Waals surface area (Å²) < 4.78 is 0. The molecule has 88 valence electrons. The van der Waals surface area contributed by atoms with Crippen molar-refractivity contribution in [2.45, 2.75) is 39.0 Å². The number of hydrogen-bond donors (Lipinski definition) is 1. The Kier molecular flexibility index (Phi) is 3.59. The molecule has 0 saturated carbocycles. The molecule has 1 aromatic heterocycles. The van der Waals surface area contributed by atoms with Crippen LogP contribution in [0.4, 0.5) is 11.8 Å². The van der Waals surface area contributed by atoms with Crippen molar-refractivity contribution in [3.8, 4) is 0 Å². The fourth-order valence-electron chi connectivity index (χ4n) is 2.17. The first-order valence-electron chi connectivity index (χ1n) is 6.18. The van der Waals surface area contributed by atoms with Crippen molar-refractivity contribution in [2.24, 2.45) is 0 Å². The van der Waals surface area contributed by atoms with Crippen LogP contribution in [0, 0.1) is 0 Å². The summed E-state index contributed by atoms with van der Waals surface area (Å²) in [6.45, 7) is 4.35. The molecule has 0 aromatic carbocycles. The minimum absolute atomic E-state index is 0.409. The lowest BCUT2D eigenvalue weighted by molar-refractivity contribution is 0.573. The second kappa shape index (κ2) is 5.14. The topological polar surface area (TPSA) is 55.0 Å². The highest BCUT2D eigenvalue weighted by Gasteiger charge is 2.13. The first kappa shape index (κ1) is 11.2. The summed E-state index contributed by atoms with van der Waals surface area (Å²) in [7, 11) is 0. The molecule has 1 saturated heterocycles. The number of hydrogen-bond acceptors (Lipinski definition) is 4. The van der Waals surface area contributed by atoms with Gasteiger partial charge in [0.25, 0.3) is 0 Å². The van der Waals surface area contributed by atoms with Gasteiger partial charge in [0.1, 0.15) is 5.82 Å². The predicted molar refractivity (Wildman–Crippen MR) is 66.5 cm³/mol. The molecule has 2 N–H and O–H groups in total. The van der Waals surface area contributed by atoms with Crippen molar-refractivity contribution in [3.05, 3.63) is 11.8 Å². The van der Waals surface area contributed by atoms with Crippen LogP contribution >= 0.6 is 0 Å². The molecule has 0 radical (unpaired) electrons. The first-order chi connectivity index (χ1) is 7.79. The van der Waals surface area contributed by atoms with Gasteiger partial charge in [0.2, 0.25) is 5.95 Å². The average molecular weight is 220 g/mol. The molecular weight excluding hydrogens is 200 g/mol. The van der Waals surface area contributed by atoms with Crippen LogP contribution in [-0.4, -0.2) is 23.1 Å². The Bertz CT molecular complexity index is 345. The van der Waals surface area contributed by atoms with Gasteiger partial charge in [-0.25, -0.2) is 4.98 Å². The van der Waals surface area contributed by atoms with E-state index in [1.807, 2.05) is 0 Å². The Morgan fingerprint density at radius 1 is 1.25 bits per heavy atom. The molecule has 1 fully saturated rings. The second-order valence-electron chi connectivity index (χ2n) is 4.37. The Balaban J connectivity index is 2.18. The lowest BCUT2D eigenvalue weighted by Crippen LogP contribution is -2.30. The fourth-order valence-corrected chi connectivity index (χ4v) is 2.17. The van der Waals surface area contributed by atoms with Gasteiger partial charge in [-0.2, -0.15) is 4.98 Å². The molecule has 16 heavy (non-hydrogen) atoms. The highest BCUT2D eigenvalue weighted by Crippen LogP contribution is 2.19. The van der Waals surface area contributed by atoms with Crippen LogP contribution in [0.2, 0.25) is 0 Å². The number of anilines is 2. The minimum atomic E-state index is 0.409. The van der Waals surface area contributed by atoms with Crippen molar-refractivity contribution in [2.75, 3.05) is 23.7 Å². The number of rotatable bonds is 3. The highest BCUT2D eigenvalue weighted by atomic mass is 15.2. The fraction of sp³-hybridized carbons (Fsp3) is 0.667. The van der Waals surface area contributed by atoms with E-state index in [2.05, 4.69) is 27.9 Å². The number of aromatic nitrogens is 2. The normalized spacial score (nSPS) is 16.4. The first-order valence-corrected chi connectivity index (χ1v) is 6.18. The molecule has 0 bridgehead atoms. The van der Waals surface area contributed by atoms with Gasteiger partial charge in [-0.3, -0.25) is 0 Å². The molecule has 0 spiro atoms. The van der Waals surface area contributed by atoms with Crippen molar-refractivity contribution in [1.29, 1.82) is 0 Å². The summed E-state index contributed by atoms with van der Waals surface area (Å²) in [5.41, 5.74) is 6.81. The number of aryl methyl sites for hydroxylation is 1. The van der Waals surface area contributed by atoms with Gasteiger partial charge in [0.15, 0.2) is 0 Å². The van der Waals surface area contributed by atoms with Gasteiger partial charge in [-0.15, -0.1) is 0 Å². The molecule has 1 aromatic rings. The third-order valence-corrected chi connectivity index (χ3v) is 2.97. The lowest BCUT2D eigenvalue weighted by Gasteiger charge is -2.27. The van der Waals surface area contributed by atoms with Gasteiger partial charge in [0, 0.05) is 24.8 Å². The highest BCUT2D eigenvalue weighted by molar-refractivity contribution is 5.43. The number of piperidine rings is 1. The van der Waals surface area contributed by atoms with Gasteiger partial charge in [-0.05, 0) is 25.7 Å². The summed E-state index contributed by atoms with van der Waals surface area (Å²) in [4.78, 5) is 10.9. The number of nitrogens with two attached hydrogens (primary N) is 1. The average Bonchev–Trinajstić information content (AvgIpc) is 2.30. The van der Waals surface area contributed by atoms with E-state index in [0.717, 1.165) is 37.4 Å². The zero-order valence-electron chi connectivity index (χ0n) is 9.95. The van der Waals surface area contributed by atoms with E-state index in [4.69, 9.17) is 5.73 Å². The Morgan fingerprint density at radius 3 is 2.69 bits per heavy atom. The summed E-state index contributed by atoms with van der Waals surface area (Å²) >= 11 is 0. The van der Waals surface area contributed by atoms with E-state index in [0.29, 0.717) is 5.95 Å². The summed E-state index contributed by atoms with van der Waals surface area (Å²) in [5.74, 6) is 1.42. The maximum Gasteiger partial charge on any atom is 0.222 e. The van der Waals surface area contributed by atoms with E-state index >= 15 is 0 Å². The van der Waals surface area contributed by atoms with E-state index in [-0.39, 0.29) is 0 Å². The van der Waals surface area contributed by atoms with Crippen LogP contribution in [0.15, 0.2) is 6.07 Å². The number of nitrogens with zero attached hydrogens (tertiary/aromatic N) is 3. The minimum Gasteiger partial charge on any atom is -0.368 e. The van der Waals surface area contributed by atoms with Crippen LogP contribution < -0.4 is 10.6 Å². The molecule has 0 aliphatic carbocycles. The van der Waals surface area contributed by atoms with Gasteiger partial charge in [-0.1, -0.05) is 13.3 Å². The monoisotopic (exact) mass is 220 g/mol.